The van der Waals surface area contributed by atoms with Gasteiger partial charge in [-0.25, -0.2) is 0 Å². The zero-order valence-electron chi connectivity index (χ0n) is 20.6. The lowest BCUT2D eigenvalue weighted by Gasteiger charge is -2.23. The van der Waals surface area contributed by atoms with E-state index in [4.69, 9.17) is 9.53 Å². The molecule has 0 aliphatic carbocycles. The average molecular weight is 463 g/mol. The second kappa shape index (κ2) is 16.4. The Morgan fingerprint density at radius 3 is 1.52 bits per heavy atom. The summed E-state index contributed by atoms with van der Waals surface area (Å²) in [4.78, 5) is 0. The van der Waals surface area contributed by atoms with Gasteiger partial charge >= 0.3 is 0 Å². The summed E-state index contributed by atoms with van der Waals surface area (Å²) < 4.78 is 6.21. The van der Waals surface area contributed by atoms with Crippen LogP contribution in [-0.4, -0.2) is 26.6 Å². The lowest BCUT2D eigenvalue weighted by atomic mass is 10.1. The number of aliphatic hydroxyl groups excluding tert-OH is 1. The summed E-state index contributed by atoms with van der Waals surface area (Å²) in [6.07, 6.45) is 9.23. The highest BCUT2D eigenvalue weighted by molar-refractivity contribution is 6.84. The molecule has 0 saturated heterocycles. The van der Waals surface area contributed by atoms with E-state index in [0.29, 0.717) is 6.61 Å². The minimum Gasteiger partial charge on any atom is -0.413 e. The summed E-state index contributed by atoms with van der Waals surface area (Å²) in [5.41, 5.74) is 2.84. The highest BCUT2D eigenvalue weighted by Gasteiger charge is 2.24. The van der Waals surface area contributed by atoms with Gasteiger partial charge in [-0.3, -0.25) is 0 Å². The van der Waals surface area contributed by atoms with Crippen molar-refractivity contribution in [3.8, 4) is 0 Å². The normalized spacial score (nSPS) is 11.0. The third-order valence-electron chi connectivity index (χ3n) is 5.85. The highest BCUT2D eigenvalue weighted by Crippen LogP contribution is 2.10. The molecule has 3 rings (SSSR count). The summed E-state index contributed by atoms with van der Waals surface area (Å²) in [6, 6.07) is 31.9. The van der Waals surface area contributed by atoms with Gasteiger partial charge in [0.1, 0.15) is 0 Å². The zero-order valence-corrected chi connectivity index (χ0v) is 21.6. The number of unbranched alkanes of at least 4 members (excludes halogenated alkanes) is 4. The van der Waals surface area contributed by atoms with Crippen LogP contribution in [0, 0.1) is 0 Å². The fraction of sp³-hybridized carbons (Fsp3) is 0.400. The Balaban J connectivity index is 0.000000273. The number of hydrogen-bond donors (Lipinski definition) is 1. The van der Waals surface area contributed by atoms with Crippen LogP contribution in [0.3, 0.4) is 0 Å². The van der Waals surface area contributed by atoms with E-state index in [1.165, 1.54) is 42.0 Å². The molecule has 3 aromatic rings. The third kappa shape index (κ3) is 12.0. The molecule has 0 saturated carbocycles. The van der Waals surface area contributed by atoms with Crippen LogP contribution in [0.4, 0.5) is 0 Å². The first kappa shape index (κ1) is 27.0. The van der Waals surface area contributed by atoms with E-state index in [2.05, 4.69) is 98.0 Å². The molecule has 0 spiro atoms. The SMILES string of the molecule is C[Si](C)(OCCCCCc1ccccc1)c1ccccc1.OCCCCCc1ccccc1. The molecule has 0 fully saturated rings. The molecule has 0 radical (unpaired) electrons. The second-order valence-corrected chi connectivity index (χ2v) is 12.9. The number of hydrogen-bond acceptors (Lipinski definition) is 2. The maximum atomic E-state index is 8.56. The van der Waals surface area contributed by atoms with Crippen LogP contribution in [0.2, 0.25) is 13.1 Å². The van der Waals surface area contributed by atoms with Gasteiger partial charge in [0.15, 0.2) is 0 Å². The van der Waals surface area contributed by atoms with Gasteiger partial charge in [-0.2, -0.15) is 0 Å². The second-order valence-electron chi connectivity index (χ2n) is 9.04. The Morgan fingerprint density at radius 1 is 0.576 bits per heavy atom. The third-order valence-corrected chi connectivity index (χ3v) is 8.50. The van der Waals surface area contributed by atoms with E-state index >= 15 is 0 Å². The quantitative estimate of drug-likeness (QED) is 0.221. The molecule has 3 heteroatoms. The van der Waals surface area contributed by atoms with Gasteiger partial charge in [-0.15, -0.1) is 0 Å². The summed E-state index contributed by atoms with van der Waals surface area (Å²) in [6.45, 7) is 5.79. The molecule has 0 aliphatic rings. The fourth-order valence-electron chi connectivity index (χ4n) is 3.77. The Bertz CT molecular complexity index is 835. The molecule has 0 amide bonds. The van der Waals surface area contributed by atoms with Gasteiger partial charge in [0, 0.05) is 13.2 Å². The molecule has 0 bridgehead atoms. The molecule has 0 atom stereocenters. The largest absolute Gasteiger partial charge is 0.413 e. The van der Waals surface area contributed by atoms with Crippen LogP contribution in [0.15, 0.2) is 91.0 Å². The first-order valence-electron chi connectivity index (χ1n) is 12.5. The minimum absolute atomic E-state index is 0.328. The monoisotopic (exact) mass is 462 g/mol. The van der Waals surface area contributed by atoms with Crippen LogP contribution in [0.1, 0.15) is 49.7 Å². The molecule has 33 heavy (non-hydrogen) atoms. The smallest absolute Gasteiger partial charge is 0.218 e. The lowest BCUT2D eigenvalue weighted by molar-refractivity contribution is 0.283. The van der Waals surface area contributed by atoms with Crippen molar-refractivity contribution in [1.82, 2.24) is 0 Å². The molecule has 178 valence electrons. The predicted molar refractivity (Wildman–Crippen MR) is 145 cm³/mol. The lowest BCUT2D eigenvalue weighted by Crippen LogP contribution is -2.44. The number of benzene rings is 3. The van der Waals surface area contributed by atoms with Crippen LogP contribution in [0.5, 0.6) is 0 Å². The Labute approximate surface area is 202 Å². The predicted octanol–water partition coefficient (Wildman–Crippen LogP) is 6.92. The summed E-state index contributed by atoms with van der Waals surface area (Å²) in [7, 11) is -1.70. The van der Waals surface area contributed by atoms with Gasteiger partial charge in [0.25, 0.3) is 0 Å². The Hall–Kier alpha value is -2.20. The van der Waals surface area contributed by atoms with Crippen molar-refractivity contribution in [3.05, 3.63) is 102 Å². The first-order chi connectivity index (χ1) is 16.1. The molecule has 0 heterocycles. The van der Waals surface area contributed by atoms with Crippen molar-refractivity contribution in [2.45, 2.75) is 64.5 Å². The average Bonchev–Trinajstić information content (AvgIpc) is 2.86. The van der Waals surface area contributed by atoms with E-state index < -0.39 is 8.32 Å². The summed E-state index contributed by atoms with van der Waals surface area (Å²) in [5, 5.41) is 9.95. The van der Waals surface area contributed by atoms with Crippen molar-refractivity contribution in [3.63, 3.8) is 0 Å². The molecule has 0 unspecified atom stereocenters. The van der Waals surface area contributed by atoms with E-state index in [-0.39, 0.29) is 0 Å². The number of rotatable bonds is 13. The molecule has 0 aliphatic heterocycles. The molecular formula is C30H42O2Si. The van der Waals surface area contributed by atoms with Crippen molar-refractivity contribution in [1.29, 1.82) is 0 Å². The maximum Gasteiger partial charge on any atom is 0.218 e. The first-order valence-corrected chi connectivity index (χ1v) is 15.4. The van der Waals surface area contributed by atoms with Crippen molar-refractivity contribution in [2.24, 2.45) is 0 Å². The van der Waals surface area contributed by atoms with Crippen LogP contribution < -0.4 is 5.19 Å². The van der Waals surface area contributed by atoms with Gasteiger partial charge in [-0.1, -0.05) is 104 Å². The van der Waals surface area contributed by atoms with Crippen molar-refractivity contribution in [2.75, 3.05) is 13.2 Å². The summed E-state index contributed by atoms with van der Waals surface area (Å²) in [5.74, 6) is 0. The molecular weight excluding hydrogens is 420 g/mol. The van der Waals surface area contributed by atoms with Gasteiger partial charge in [0.2, 0.25) is 8.32 Å². The molecule has 2 nitrogen and oxygen atoms in total. The van der Waals surface area contributed by atoms with Gasteiger partial charge < -0.3 is 9.53 Å². The molecule has 3 aromatic carbocycles. The van der Waals surface area contributed by atoms with Crippen LogP contribution in [0.25, 0.3) is 0 Å². The molecule has 1 N–H and O–H groups in total. The standard InChI is InChI=1S/C19H26OSi.C11H16O/c1-21(2,19-15-9-4-10-16-19)20-17-11-5-8-14-18-12-6-3-7-13-18;12-10-6-2-5-9-11-7-3-1-4-8-11/h3-4,6-7,9-10,12-13,15-16H,5,8,11,14,17H2,1-2H3;1,3-4,7-8,12H,2,5-6,9-10H2. The van der Waals surface area contributed by atoms with Gasteiger partial charge in [-0.05, 0) is 67.9 Å². The summed E-state index contributed by atoms with van der Waals surface area (Å²) >= 11 is 0. The van der Waals surface area contributed by atoms with E-state index in [0.717, 1.165) is 32.3 Å². The number of aryl methyl sites for hydroxylation is 2. The van der Waals surface area contributed by atoms with E-state index in [9.17, 15) is 0 Å². The Morgan fingerprint density at radius 2 is 1.03 bits per heavy atom. The van der Waals surface area contributed by atoms with Crippen molar-refractivity contribution < 1.29 is 9.53 Å². The fourth-order valence-corrected chi connectivity index (χ4v) is 5.58. The van der Waals surface area contributed by atoms with Crippen LogP contribution in [-0.2, 0) is 17.3 Å². The highest BCUT2D eigenvalue weighted by atomic mass is 28.4. The minimum atomic E-state index is -1.70. The maximum absolute atomic E-state index is 8.56. The van der Waals surface area contributed by atoms with E-state index in [1.807, 2.05) is 6.07 Å². The van der Waals surface area contributed by atoms with Gasteiger partial charge in [0.05, 0.1) is 0 Å². The van der Waals surface area contributed by atoms with E-state index in [1.54, 1.807) is 0 Å². The molecule has 0 aromatic heterocycles. The zero-order chi connectivity index (χ0) is 23.6. The topological polar surface area (TPSA) is 29.5 Å². The van der Waals surface area contributed by atoms with Crippen molar-refractivity contribution >= 4 is 13.5 Å². The number of aliphatic hydroxyl groups is 1. The Kier molecular flexibility index (Phi) is 13.5. The van der Waals surface area contributed by atoms with Crippen LogP contribution >= 0.6 is 0 Å².